The van der Waals surface area contributed by atoms with E-state index in [0.717, 1.165) is 36.8 Å². The number of benzene rings is 1. The molecule has 0 radical (unpaired) electrons. The molecule has 5 nitrogen and oxygen atoms in total. The van der Waals surface area contributed by atoms with E-state index in [9.17, 15) is 4.79 Å². The van der Waals surface area contributed by atoms with Gasteiger partial charge in [0.15, 0.2) is 5.82 Å². The fraction of sp³-hybridized carbons (Fsp3) is 0.412. The molecule has 0 spiro atoms. The van der Waals surface area contributed by atoms with Crippen molar-refractivity contribution in [2.45, 2.75) is 26.3 Å². The minimum Gasteiger partial charge on any atom is -0.449 e. The maximum Gasteiger partial charge on any atom is 0.294 e. The van der Waals surface area contributed by atoms with E-state index in [-0.39, 0.29) is 5.56 Å². The molecule has 1 aliphatic rings. The lowest BCUT2D eigenvalue weighted by molar-refractivity contribution is -0.922. The number of rotatable bonds is 2. The van der Waals surface area contributed by atoms with E-state index < -0.39 is 0 Å². The van der Waals surface area contributed by atoms with E-state index in [1.807, 2.05) is 24.3 Å². The summed E-state index contributed by atoms with van der Waals surface area (Å²) in [5.74, 6) is 1.50. The van der Waals surface area contributed by atoms with Crippen LogP contribution in [-0.2, 0) is 6.54 Å². The number of para-hydroxylation sites is 1. The summed E-state index contributed by atoms with van der Waals surface area (Å²) in [7, 11) is 0. The fourth-order valence-corrected chi connectivity index (χ4v) is 3.53. The number of fused-ring (bicyclic) bond motifs is 3. The van der Waals surface area contributed by atoms with Crippen molar-refractivity contribution in [2.24, 2.45) is 5.92 Å². The van der Waals surface area contributed by atoms with Crippen molar-refractivity contribution >= 4 is 22.1 Å². The molecule has 2 aromatic heterocycles. The number of hydrogen-bond acceptors (Lipinski definition) is 3. The Balaban J connectivity index is 1.75. The third kappa shape index (κ3) is 2.31. The van der Waals surface area contributed by atoms with Crippen LogP contribution in [0.15, 0.2) is 33.5 Å². The van der Waals surface area contributed by atoms with Gasteiger partial charge < -0.3 is 14.3 Å². The summed E-state index contributed by atoms with van der Waals surface area (Å²) >= 11 is 0. The van der Waals surface area contributed by atoms with E-state index in [2.05, 4.69) is 16.9 Å². The van der Waals surface area contributed by atoms with Crippen LogP contribution in [0.3, 0.4) is 0 Å². The number of aromatic nitrogens is 2. The first-order valence-corrected chi connectivity index (χ1v) is 7.94. The smallest absolute Gasteiger partial charge is 0.294 e. The van der Waals surface area contributed by atoms with E-state index in [4.69, 9.17) is 4.42 Å². The lowest BCUT2D eigenvalue weighted by Crippen LogP contribution is -3.12. The first-order valence-electron chi connectivity index (χ1n) is 7.94. The SMILES string of the molecule is C[C@H]1CCC[NH+](Cc2nc3c(oc4ccccc43)c(=O)[nH]2)C1. The molecule has 0 amide bonds. The van der Waals surface area contributed by atoms with Crippen LogP contribution >= 0.6 is 0 Å². The summed E-state index contributed by atoms with van der Waals surface area (Å²) in [6, 6.07) is 7.66. The highest BCUT2D eigenvalue weighted by molar-refractivity contribution is 6.01. The van der Waals surface area contributed by atoms with Crippen molar-refractivity contribution in [3.05, 3.63) is 40.4 Å². The van der Waals surface area contributed by atoms with Crippen molar-refractivity contribution in [1.82, 2.24) is 9.97 Å². The molecule has 0 bridgehead atoms. The van der Waals surface area contributed by atoms with Gasteiger partial charge in [-0.1, -0.05) is 19.1 Å². The van der Waals surface area contributed by atoms with Crippen molar-refractivity contribution < 1.29 is 9.32 Å². The number of nitrogens with one attached hydrogen (secondary N) is 2. The van der Waals surface area contributed by atoms with Crippen molar-refractivity contribution in [1.29, 1.82) is 0 Å². The molecule has 5 heteroatoms. The van der Waals surface area contributed by atoms with Gasteiger partial charge in [-0.15, -0.1) is 0 Å². The number of quaternary nitrogens is 1. The van der Waals surface area contributed by atoms with Crippen molar-refractivity contribution in [3.8, 4) is 0 Å². The predicted octanol–water partition coefficient (Wildman–Crippen LogP) is 1.48. The molecule has 2 N–H and O–H groups in total. The summed E-state index contributed by atoms with van der Waals surface area (Å²) < 4.78 is 5.63. The Morgan fingerprint density at radius 3 is 3.14 bits per heavy atom. The quantitative estimate of drug-likeness (QED) is 0.753. The normalized spacial score (nSPS) is 22.4. The lowest BCUT2D eigenvalue weighted by atomic mass is 10.0. The van der Waals surface area contributed by atoms with Crippen LogP contribution < -0.4 is 10.5 Å². The van der Waals surface area contributed by atoms with Gasteiger partial charge in [-0.05, 0) is 25.0 Å². The minimum absolute atomic E-state index is 0.180. The zero-order chi connectivity index (χ0) is 15.1. The van der Waals surface area contributed by atoms with Crippen molar-refractivity contribution in [3.63, 3.8) is 0 Å². The van der Waals surface area contributed by atoms with Crippen LogP contribution in [0.1, 0.15) is 25.6 Å². The summed E-state index contributed by atoms with van der Waals surface area (Å²) in [5.41, 5.74) is 1.54. The van der Waals surface area contributed by atoms with Crippen LogP contribution in [0.2, 0.25) is 0 Å². The highest BCUT2D eigenvalue weighted by Gasteiger charge is 2.21. The second kappa shape index (κ2) is 5.25. The molecule has 1 aromatic carbocycles. The molecular weight excluding hydrogens is 278 g/mol. The number of nitrogens with zero attached hydrogens (tertiary/aromatic N) is 1. The Morgan fingerprint density at radius 2 is 2.27 bits per heavy atom. The highest BCUT2D eigenvalue weighted by atomic mass is 16.3. The third-order valence-electron chi connectivity index (χ3n) is 4.56. The first kappa shape index (κ1) is 13.5. The van der Waals surface area contributed by atoms with Gasteiger partial charge in [-0.2, -0.15) is 0 Å². The van der Waals surface area contributed by atoms with Gasteiger partial charge in [0.25, 0.3) is 5.56 Å². The summed E-state index contributed by atoms with van der Waals surface area (Å²) in [6.45, 7) is 5.36. The molecular formula is C17H20N3O2+. The average molecular weight is 298 g/mol. The largest absolute Gasteiger partial charge is 0.449 e. The predicted molar refractivity (Wildman–Crippen MR) is 84.9 cm³/mol. The zero-order valence-corrected chi connectivity index (χ0v) is 12.7. The number of furan rings is 1. The average Bonchev–Trinajstić information content (AvgIpc) is 2.87. The summed E-state index contributed by atoms with van der Waals surface area (Å²) in [4.78, 5) is 21.3. The topological polar surface area (TPSA) is 63.3 Å². The lowest BCUT2D eigenvalue weighted by Gasteiger charge is -2.27. The van der Waals surface area contributed by atoms with Gasteiger partial charge in [0, 0.05) is 11.3 Å². The molecule has 22 heavy (non-hydrogen) atoms. The van der Waals surface area contributed by atoms with Gasteiger partial charge in [0.2, 0.25) is 5.58 Å². The Morgan fingerprint density at radius 1 is 1.41 bits per heavy atom. The van der Waals surface area contributed by atoms with E-state index in [0.29, 0.717) is 16.7 Å². The molecule has 1 saturated heterocycles. The second-order valence-corrected chi connectivity index (χ2v) is 6.42. The maximum atomic E-state index is 12.3. The molecule has 1 unspecified atom stereocenters. The Bertz CT molecular complexity index is 880. The number of hydrogen-bond donors (Lipinski definition) is 2. The van der Waals surface area contributed by atoms with Gasteiger partial charge in [0.1, 0.15) is 17.6 Å². The summed E-state index contributed by atoms with van der Waals surface area (Å²) in [5, 5.41) is 0.909. The van der Waals surface area contributed by atoms with Crippen LogP contribution in [0.5, 0.6) is 0 Å². The molecule has 114 valence electrons. The maximum absolute atomic E-state index is 12.3. The first-order chi connectivity index (χ1) is 10.7. The Labute approximate surface area is 127 Å². The fourth-order valence-electron chi connectivity index (χ4n) is 3.53. The molecule has 0 aliphatic carbocycles. The summed E-state index contributed by atoms with van der Waals surface area (Å²) in [6.07, 6.45) is 2.55. The monoisotopic (exact) mass is 298 g/mol. The van der Waals surface area contributed by atoms with Gasteiger partial charge in [-0.3, -0.25) is 4.79 Å². The molecule has 3 aromatic rings. The third-order valence-corrected chi connectivity index (χ3v) is 4.56. The standard InChI is InChI=1S/C17H19N3O2/c1-11-5-4-8-20(9-11)10-14-18-15-12-6-2-3-7-13(12)22-16(15)17(21)19-14/h2-3,6-7,11H,4-5,8-10H2,1H3,(H,18,19,21)/p+1/t11-/m0/s1. The molecule has 4 rings (SSSR count). The van der Waals surface area contributed by atoms with Crippen LogP contribution in [0.25, 0.3) is 22.1 Å². The Hall–Kier alpha value is -2.14. The van der Waals surface area contributed by atoms with Crippen LogP contribution in [0.4, 0.5) is 0 Å². The molecule has 1 aliphatic heterocycles. The zero-order valence-electron chi connectivity index (χ0n) is 12.7. The Kier molecular flexibility index (Phi) is 3.22. The number of aromatic amines is 1. The molecule has 1 fully saturated rings. The number of likely N-dealkylation sites (tertiary alicyclic amines) is 1. The van der Waals surface area contributed by atoms with Crippen molar-refractivity contribution in [2.75, 3.05) is 13.1 Å². The van der Waals surface area contributed by atoms with E-state index in [1.54, 1.807) is 0 Å². The molecule has 2 atom stereocenters. The van der Waals surface area contributed by atoms with Gasteiger partial charge in [0.05, 0.1) is 13.1 Å². The van der Waals surface area contributed by atoms with E-state index in [1.165, 1.54) is 17.7 Å². The van der Waals surface area contributed by atoms with Gasteiger partial charge in [-0.25, -0.2) is 4.98 Å². The van der Waals surface area contributed by atoms with Crippen LogP contribution in [0, 0.1) is 5.92 Å². The number of H-pyrrole nitrogens is 1. The van der Waals surface area contributed by atoms with Gasteiger partial charge >= 0.3 is 0 Å². The molecule has 0 saturated carbocycles. The second-order valence-electron chi connectivity index (χ2n) is 6.42. The highest BCUT2D eigenvalue weighted by Crippen LogP contribution is 2.24. The van der Waals surface area contributed by atoms with E-state index >= 15 is 0 Å². The molecule has 3 heterocycles. The minimum atomic E-state index is -0.180. The van der Waals surface area contributed by atoms with Crippen LogP contribution in [-0.4, -0.2) is 23.1 Å². The number of piperidine rings is 1.